The smallest absolute Gasteiger partial charge is 0.334 e. The molecule has 0 saturated carbocycles. The van der Waals surface area contributed by atoms with Crippen molar-refractivity contribution in [3.63, 3.8) is 0 Å². The van der Waals surface area contributed by atoms with Crippen molar-refractivity contribution in [3.8, 4) is 0 Å². The second-order valence-corrected chi connectivity index (χ2v) is 6.25. The van der Waals surface area contributed by atoms with Crippen LogP contribution >= 0.6 is 0 Å². The number of methoxy groups -OCH3 is 1. The molecule has 6 heteroatoms. The minimum absolute atomic E-state index is 0.209. The van der Waals surface area contributed by atoms with Gasteiger partial charge in [0.2, 0.25) is 4.75 Å². The van der Waals surface area contributed by atoms with Gasteiger partial charge in [0.15, 0.2) is 9.84 Å². The van der Waals surface area contributed by atoms with Gasteiger partial charge < -0.3 is 9.84 Å². The first-order valence-electron chi connectivity index (χ1n) is 5.43. The van der Waals surface area contributed by atoms with Crippen LogP contribution in [0.25, 0.3) is 0 Å². The van der Waals surface area contributed by atoms with E-state index < -0.39 is 27.2 Å². The number of aliphatic hydroxyl groups excluding tert-OH is 1. The van der Waals surface area contributed by atoms with E-state index in [1.807, 2.05) is 0 Å². The molecule has 18 heavy (non-hydrogen) atoms. The van der Waals surface area contributed by atoms with Crippen molar-refractivity contribution in [3.05, 3.63) is 35.9 Å². The van der Waals surface area contributed by atoms with Crippen LogP contribution in [0.5, 0.6) is 0 Å². The fourth-order valence-corrected chi connectivity index (χ4v) is 3.32. The van der Waals surface area contributed by atoms with Gasteiger partial charge in [-0.2, -0.15) is 0 Å². The predicted molar refractivity (Wildman–Crippen MR) is 66.7 cm³/mol. The molecule has 0 aliphatic rings. The van der Waals surface area contributed by atoms with Crippen molar-refractivity contribution in [1.29, 1.82) is 0 Å². The number of rotatable bonds is 5. The van der Waals surface area contributed by atoms with E-state index in [2.05, 4.69) is 4.74 Å². The Bertz CT molecular complexity index is 509. The van der Waals surface area contributed by atoms with Crippen LogP contribution in [-0.2, 0) is 24.1 Å². The lowest BCUT2D eigenvalue weighted by atomic mass is 9.99. The van der Waals surface area contributed by atoms with E-state index in [-0.39, 0.29) is 11.3 Å². The van der Waals surface area contributed by atoms with Crippen LogP contribution < -0.4 is 0 Å². The van der Waals surface area contributed by atoms with Gasteiger partial charge in [0.1, 0.15) is 0 Å². The predicted octanol–water partition coefficient (Wildman–Crippen LogP) is 0.482. The average molecular weight is 272 g/mol. The number of ether oxygens (including phenoxy) is 1. The van der Waals surface area contributed by atoms with Crippen LogP contribution in [0.1, 0.15) is 12.5 Å². The fraction of sp³-hybridized carbons (Fsp3) is 0.417. The number of hydrogen-bond donors (Lipinski definition) is 1. The lowest BCUT2D eigenvalue weighted by molar-refractivity contribution is -0.145. The van der Waals surface area contributed by atoms with Crippen LogP contribution in [0.2, 0.25) is 0 Å². The first-order chi connectivity index (χ1) is 8.46. The molecule has 0 amide bonds. The Morgan fingerprint density at radius 1 is 1.33 bits per heavy atom. The summed E-state index contributed by atoms with van der Waals surface area (Å²) in [6.45, 7) is 0.575. The molecule has 0 aliphatic carbocycles. The first kappa shape index (κ1) is 14.7. The molecule has 0 bridgehead atoms. The molecule has 0 spiro atoms. The van der Waals surface area contributed by atoms with Gasteiger partial charge in [-0.3, -0.25) is 0 Å². The maximum Gasteiger partial charge on any atom is 0.334 e. The summed E-state index contributed by atoms with van der Waals surface area (Å²) in [4.78, 5) is 11.9. The molecular formula is C12H16O5S. The highest BCUT2D eigenvalue weighted by Gasteiger charge is 2.52. The van der Waals surface area contributed by atoms with Crippen molar-refractivity contribution in [2.75, 3.05) is 19.5 Å². The lowest BCUT2D eigenvalue weighted by Gasteiger charge is -2.28. The molecule has 1 rings (SSSR count). The number of hydrogen-bond acceptors (Lipinski definition) is 5. The number of carbonyl (C=O) groups excluding carboxylic acids is 1. The van der Waals surface area contributed by atoms with Crippen molar-refractivity contribution < 1.29 is 23.1 Å². The van der Waals surface area contributed by atoms with E-state index >= 15 is 0 Å². The molecule has 1 aromatic carbocycles. The zero-order valence-corrected chi connectivity index (χ0v) is 11.1. The summed E-state index contributed by atoms with van der Waals surface area (Å²) in [6, 6.07) is 7.88. The molecule has 0 saturated heterocycles. The lowest BCUT2D eigenvalue weighted by Crippen LogP contribution is -2.48. The van der Waals surface area contributed by atoms with E-state index in [4.69, 9.17) is 0 Å². The Balaban J connectivity index is 3.58. The Kier molecular flexibility index (Phi) is 4.48. The normalized spacial score (nSPS) is 14.8. The van der Waals surface area contributed by atoms with Gasteiger partial charge in [0.05, 0.1) is 13.7 Å². The van der Waals surface area contributed by atoms with Gasteiger partial charge >= 0.3 is 5.97 Å². The summed E-state index contributed by atoms with van der Waals surface area (Å²) in [7, 11) is -2.76. The summed E-state index contributed by atoms with van der Waals surface area (Å²) < 4.78 is 26.9. The summed E-state index contributed by atoms with van der Waals surface area (Å²) in [5, 5.41) is 9.52. The molecule has 1 aromatic rings. The van der Waals surface area contributed by atoms with Crippen LogP contribution in [0, 0.1) is 0 Å². The minimum Gasteiger partial charge on any atom is -0.468 e. The number of esters is 1. The second-order valence-electron chi connectivity index (χ2n) is 3.75. The SMILES string of the molecule is CCS(=O)(=O)C(CO)(C(=O)OC)c1ccccc1. The Hall–Kier alpha value is -1.40. The van der Waals surface area contributed by atoms with Crippen molar-refractivity contribution in [2.24, 2.45) is 0 Å². The standard InChI is InChI=1S/C12H16O5S/c1-3-18(15,16)12(9-13,11(14)17-2)10-7-5-4-6-8-10/h4-8,13H,3,9H2,1-2H3. The first-order valence-corrected chi connectivity index (χ1v) is 7.08. The Morgan fingerprint density at radius 3 is 2.28 bits per heavy atom. The maximum atomic E-state index is 12.2. The van der Waals surface area contributed by atoms with Crippen LogP contribution in [0.4, 0.5) is 0 Å². The molecule has 100 valence electrons. The van der Waals surface area contributed by atoms with E-state index in [1.165, 1.54) is 19.1 Å². The van der Waals surface area contributed by atoms with E-state index in [0.29, 0.717) is 0 Å². The minimum atomic E-state index is -3.86. The molecule has 1 unspecified atom stereocenters. The van der Waals surface area contributed by atoms with Gasteiger partial charge in [0.25, 0.3) is 0 Å². The molecule has 0 heterocycles. The molecule has 0 fully saturated rings. The number of benzene rings is 1. The third-order valence-electron chi connectivity index (χ3n) is 2.89. The maximum absolute atomic E-state index is 12.2. The third-order valence-corrected chi connectivity index (χ3v) is 5.24. The molecule has 0 aromatic heterocycles. The molecular weight excluding hydrogens is 256 g/mol. The summed E-state index contributed by atoms with van der Waals surface area (Å²) in [5.41, 5.74) is 0.209. The molecule has 0 aliphatic heterocycles. The zero-order chi connectivity index (χ0) is 13.8. The third kappa shape index (κ3) is 2.13. The van der Waals surface area contributed by atoms with Crippen LogP contribution in [0.3, 0.4) is 0 Å². The van der Waals surface area contributed by atoms with Crippen molar-refractivity contribution >= 4 is 15.8 Å². The summed E-state index contributed by atoms with van der Waals surface area (Å²) >= 11 is 0. The van der Waals surface area contributed by atoms with E-state index in [0.717, 1.165) is 7.11 Å². The van der Waals surface area contributed by atoms with Gasteiger partial charge in [-0.1, -0.05) is 37.3 Å². The topological polar surface area (TPSA) is 80.7 Å². The highest BCUT2D eigenvalue weighted by atomic mass is 32.2. The Morgan fingerprint density at radius 2 is 1.89 bits per heavy atom. The molecule has 1 atom stereocenters. The summed E-state index contributed by atoms with van der Waals surface area (Å²) in [6.07, 6.45) is 0. The van der Waals surface area contributed by atoms with Gasteiger partial charge in [-0.05, 0) is 5.56 Å². The highest BCUT2D eigenvalue weighted by Crippen LogP contribution is 2.32. The molecule has 5 nitrogen and oxygen atoms in total. The Labute approximate surface area is 106 Å². The van der Waals surface area contributed by atoms with E-state index in [1.54, 1.807) is 18.2 Å². The fourth-order valence-electron chi connectivity index (χ4n) is 1.80. The number of sulfone groups is 1. The van der Waals surface area contributed by atoms with Gasteiger partial charge in [-0.15, -0.1) is 0 Å². The van der Waals surface area contributed by atoms with Gasteiger partial charge in [-0.25, -0.2) is 13.2 Å². The highest BCUT2D eigenvalue weighted by molar-refractivity contribution is 7.93. The van der Waals surface area contributed by atoms with Gasteiger partial charge in [0, 0.05) is 5.75 Å². The average Bonchev–Trinajstić information content (AvgIpc) is 2.40. The summed E-state index contributed by atoms with van der Waals surface area (Å²) in [5.74, 6) is -1.24. The van der Waals surface area contributed by atoms with Crippen LogP contribution in [0.15, 0.2) is 30.3 Å². The number of carbonyl (C=O) groups is 1. The largest absolute Gasteiger partial charge is 0.468 e. The van der Waals surface area contributed by atoms with Crippen molar-refractivity contribution in [1.82, 2.24) is 0 Å². The second kappa shape index (κ2) is 5.49. The van der Waals surface area contributed by atoms with E-state index in [9.17, 15) is 18.3 Å². The monoisotopic (exact) mass is 272 g/mol. The quantitative estimate of drug-likeness (QED) is 0.789. The van der Waals surface area contributed by atoms with Crippen molar-refractivity contribution in [2.45, 2.75) is 11.7 Å². The molecule has 1 N–H and O–H groups in total. The zero-order valence-electron chi connectivity index (χ0n) is 10.3. The number of aliphatic hydroxyl groups is 1. The van der Waals surface area contributed by atoms with Crippen LogP contribution in [-0.4, -0.2) is 39.0 Å². The molecule has 0 radical (unpaired) electrons.